The molecule has 0 spiro atoms. The first-order chi connectivity index (χ1) is 12.1. The van der Waals surface area contributed by atoms with Crippen molar-refractivity contribution in [3.63, 3.8) is 0 Å². The molecule has 1 rings (SSSR count). The van der Waals surface area contributed by atoms with Gasteiger partial charge < -0.3 is 24.8 Å². The number of thiocarbonyl (C=S) groups is 1. The summed E-state index contributed by atoms with van der Waals surface area (Å²) in [5, 5.41) is 29.1. The summed E-state index contributed by atoms with van der Waals surface area (Å²) in [6, 6.07) is 0. The van der Waals surface area contributed by atoms with Crippen LogP contribution in [0.25, 0.3) is 0 Å². The van der Waals surface area contributed by atoms with E-state index in [4.69, 9.17) is 26.8 Å². The van der Waals surface area contributed by atoms with E-state index >= 15 is 0 Å². The van der Waals surface area contributed by atoms with Crippen LogP contribution >= 0.6 is 12.2 Å². The van der Waals surface area contributed by atoms with Gasteiger partial charge in [0.05, 0.1) is 13.2 Å². The Morgan fingerprint density at radius 2 is 1.64 bits per heavy atom. The largest absolute Gasteiger partial charge is 0.478 e. The summed E-state index contributed by atoms with van der Waals surface area (Å²) in [6.07, 6.45) is 10.0. The molecule has 0 aromatic rings. The van der Waals surface area contributed by atoms with E-state index in [1.54, 1.807) is 0 Å². The number of rotatable bonds is 14. The van der Waals surface area contributed by atoms with E-state index in [0.717, 1.165) is 12.8 Å². The minimum atomic E-state index is -1.07. The average Bonchev–Trinajstić information content (AvgIpc) is 2.96. The first-order valence-corrected chi connectivity index (χ1v) is 10.3. The molecule has 3 N–H and O–H groups in total. The molecule has 4 atom stereocenters. The molecule has 0 unspecified atom stereocenters. The van der Waals surface area contributed by atoms with E-state index in [1.807, 2.05) is 0 Å². The Morgan fingerprint density at radius 3 is 2.20 bits per heavy atom. The van der Waals surface area contributed by atoms with Gasteiger partial charge in [0.15, 0.2) is 11.2 Å². The van der Waals surface area contributed by atoms with Gasteiger partial charge in [-0.1, -0.05) is 64.7 Å². The van der Waals surface area contributed by atoms with E-state index in [0.29, 0.717) is 11.5 Å². The Labute approximate surface area is 157 Å². The minimum Gasteiger partial charge on any atom is -0.478 e. The van der Waals surface area contributed by atoms with Gasteiger partial charge in [0.1, 0.15) is 18.3 Å². The highest BCUT2D eigenvalue weighted by Gasteiger charge is 2.42. The van der Waals surface area contributed by atoms with Crippen molar-refractivity contribution in [3.8, 4) is 0 Å². The average molecular weight is 377 g/mol. The molecular weight excluding hydrogens is 340 g/mol. The molecule has 0 saturated carbocycles. The quantitative estimate of drug-likeness (QED) is 0.319. The molecular formula is C19H36O5S. The van der Waals surface area contributed by atoms with Gasteiger partial charge in [-0.05, 0) is 18.6 Å². The lowest BCUT2D eigenvalue weighted by atomic mass is 10.1. The van der Waals surface area contributed by atoms with Crippen LogP contribution in [0.2, 0.25) is 0 Å². The molecule has 1 heterocycles. The molecule has 0 aromatic heterocycles. The van der Waals surface area contributed by atoms with Crippen molar-refractivity contribution in [2.75, 3.05) is 13.2 Å². The maximum Gasteiger partial charge on any atom is 0.160 e. The van der Waals surface area contributed by atoms with Crippen LogP contribution in [0.5, 0.6) is 0 Å². The predicted octanol–water partition coefficient (Wildman–Crippen LogP) is 3.12. The SMILES string of the molecule is CCCCCCCCCCCCC(=S)O[C@H]1[C@@H]([C@@H](O)CO)OC[C@H]1O. The number of aliphatic hydroxyl groups is 3. The van der Waals surface area contributed by atoms with Crippen molar-refractivity contribution >= 4 is 17.3 Å². The number of hydrogen-bond donors (Lipinski definition) is 3. The highest BCUT2D eigenvalue weighted by atomic mass is 32.1. The third-order valence-corrected chi connectivity index (χ3v) is 5.03. The van der Waals surface area contributed by atoms with Crippen LogP contribution in [-0.4, -0.2) is 58.0 Å². The number of unbranched alkanes of at least 4 members (excludes halogenated alkanes) is 9. The van der Waals surface area contributed by atoms with Crippen LogP contribution in [0.15, 0.2) is 0 Å². The normalized spacial score (nSPS) is 24.4. The lowest BCUT2D eigenvalue weighted by Crippen LogP contribution is -2.43. The molecule has 5 nitrogen and oxygen atoms in total. The van der Waals surface area contributed by atoms with E-state index in [1.165, 1.54) is 51.4 Å². The lowest BCUT2D eigenvalue weighted by Gasteiger charge is -2.24. The van der Waals surface area contributed by atoms with Gasteiger partial charge in [-0.2, -0.15) is 0 Å². The standard InChI is InChI=1S/C19H36O5S/c1-2-3-4-5-6-7-8-9-10-11-12-17(25)24-19-16(22)14-23-18(19)15(21)13-20/h15-16,18-22H,2-14H2,1H3/t15-,16+,18+,19+/m0/s1. The predicted molar refractivity (Wildman–Crippen MR) is 103 cm³/mol. The molecule has 1 aliphatic rings. The zero-order chi connectivity index (χ0) is 18.5. The minimum absolute atomic E-state index is 0.0905. The summed E-state index contributed by atoms with van der Waals surface area (Å²) in [5.74, 6) is 0. The topological polar surface area (TPSA) is 79.2 Å². The fourth-order valence-corrected chi connectivity index (χ4v) is 3.42. The highest BCUT2D eigenvalue weighted by molar-refractivity contribution is 7.80. The van der Waals surface area contributed by atoms with Crippen molar-refractivity contribution in [3.05, 3.63) is 0 Å². The smallest absolute Gasteiger partial charge is 0.160 e. The third kappa shape index (κ3) is 9.29. The van der Waals surface area contributed by atoms with Gasteiger partial charge in [0.25, 0.3) is 0 Å². The number of hydrogen-bond acceptors (Lipinski definition) is 6. The first kappa shape index (κ1) is 22.8. The Kier molecular flexibility index (Phi) is 12.6. The van der Waals surface area contributed by atoms with Crippen molar-refractivity contribution in [2.24, 2.45) is 0 Å². The second kappa shape index (κ2) is 13.9. The van der Waals surface area contributed by atoms with E-state index in [9.17, 15) is 10.2 Å². The first-order valence-electron chi connectivity index (χ1n) is 9.88. The summed E-state index contributed by atoms with van der Waals surface area (Å²) in [4.78, 5) is 0. The van der Waals surface area contributed by atoms with Gasteiger partial charge in [-0.3, -0.25) is 0 Å². The molecule has 0 radical (unpaired) electrons. The Bertz CT molecular complexity index is 353. The van der Waals surface area contributed by atoms with Crippen molar-refractivity contribution in [1.82, 2.24) is 0 Å². The summed E-state index contributed by atoms with van der Waals surface area (Å²) >= 11 is 5.25. The van der Waals surface area contributed by atoms with E-state index in [-0.39, 0.29) is 6.61 Å². The second-order valence-electron chi connectivity index (χ2n) is 7.00. The summed E-state index contributed by atoms with van der Waals surface area (Å²) < 4.78 is 10.9. The van der Waals surface area contributed by atoms with Crippen molar-refractivity contribution in [2.45, 2.75) is 102 Å². The molecule has 0 aliphatic carbocycles. The Morgan fingerprint density at radius 1 is 1.08 bits per heavy atom. The Hall–Kier alpha value is -0.270. The van der Waals surface area contributed by atoms with Crippen LogP contribution in [-0.2, 0) is 9.47 Å². The zero-order valence-electron chi connectivity index (χ0n) is 15.6. The summed E-state index contributed by atoms with van der Waals surface area (Å²) in [6.45, 7) is 1.90. The molecule has 0 bridgehead atoms. The van der Waals surface area contributed by atoms with Gasteiger partial charge in [0, 0.05) is 6.42 Å². The van der Waals surface area contributed by atoms with Crippen LogP contribution in [0.4, 0.5) is 0 Å². The fourth-order valence-electron chi connectivity index (χ4n) is 3.17. The fraction of sp³-hybridized carbons (Fsp3) is 0.947. The summed E-state index contributed by atoms with van der Waals surface area (Å²) in [7, 11) is 0. The molecule has 148 valence electrons. The maximum absolute atomic E-state index is 9.90. The molecule has 1 fully saturated rings. The van der Waals surface area contributed by atoms with E-state index in [2.05, 4.69) is 6.92 Å². The van der Waals surface area contributed by atoms with Crippen LogP contribution in [0.3, 0.4) is 0 Å². The van der Waals surface area contributed by atoms with Crippen molar-refractivity contribution < 1.29 is 24.8 Å². The van der Waals surface area contributed by atoms with E-state index < -0.39 is 31.0 Å². The summed E-state index contributed by atoms with van der Waals surface area (Å²) in [5.41, 5.74) is 0. The third-order valence-electron chi connectivity index (χ3n) is 4.73. The second-order valence-corrected chi connectivity index (χ2v) is 7.46. The highest BCUT2D eigenvalue weighted by Crippen LogP contribution is 2.22. The van der Waals surface area contributed by atoms with Gasteiger partial charge in [-0.25, -0.2) is 0 Å². The van der Waals surface area contributed by atoms with Gasteiger partial charge >= 0.3 is 0 Å². The van der Waals surface area contributed by atoms with Gasteiger partial charge in [0.2, 0.25) is 0 Å². The van der Waals surface area contributed by atoms with Crippen LogP contribution in [0.1, 0.15) is 77.6 Å². The maximum atomic E-state index is 9.90. The van der Waals surface area contributed by atoms with Crippen LogP contribution in [0, 0.1) is 0 Å². The van der Waals surface area contributed by atoms with Gasteiger partial charge in [-0.15, -0.1) is 0 Å². The molecule has 1 aliphatic heterocycles. The zero-order valence-corrected chi connectivity index (χ0v) is 16.4. The van der Waals surface area contributed by atoms with Crippen LogP contribution < -0.4 is 0 Å². The molecule has 25 heavy (non-hydrogen) atoms. The van der Waals surface area contributed by atoms with Crippen molar-refractivity contribution in [1.29, 1.82) is 0 Å². The monoisotopic (exact) mass is 376 g/mol. The Balaban J connectivity index is 2.06. The molecule has 1 saturated heterocycles. The number of aliphatic hydroxyl groups excluding tert-OH is 3. The molecule has 0 amide bonds. The lowest BCUT2D eigenvalue weighted by molar-refractivity contribution is -0.0642. The molecule has 0 aromatic carbocycles. The number of ether oxygens (including phenoxy) is 2. The molecule has 6 heteroatoms.